The Kier molecular flexibility index (Phi) is 6.52. The average Bonchev–Trinajstić information content (AvgIpc) is 2.67. The second-order valence-electron chi connectivity index (χ2n) is 7.54. The highest BCUT2D eigenvalue weighted by atomic mass is 32.2. The number of benzene rings is 2. The zero-order valence-corrected chi connectivity index (χ0v) is 17.3. The number of hydrogen-bond acceptors (Lipinski definition) is 3. The van der Waals surface area contributed by atoms with Crippen molar-refractivity contribution in [1.29, 1.82) is 0 Å². The number of sulfonamides is 1. The fourth-order valence-electron chi connectivity index (χ4n) is 3.63. The van der Waals surface area contributed by atoms with Gasteiger partial charge < -0.3 is 5.32 Å². The molecule has 1 N–H and O–H groups in total. The van der Waals surface area contributed by atoms with Crippen molar-refractivity contribution in [2.45, 2.75) is 45.2 Å². The minimum atomic E-state index is -3.50. The molecular weight excluding hydrogens is 372 g/mol. The Morgan fingerprint density at radius 2 is 1.75 bits per heavy atom. The number of nitrogens with zero attached hydrogens (tertiary/aromatic N) is 1. The van der Waals surface area contributed by atoms with Crippen LogP contribution in [0.4, 0.5) is 0 Å². The van der Waals surface area contributed by atoms with Crippen molar-refractivity contribution in [3.05, 3.63) is 70.8 Å². The van der Waals surface area contributed by atoms with Crippen LogP contribution in [0.1, 0.15) is 48.1 Å². The van der Waals surface area contributed by atoms with Gasteiger partial charge in [-0.3, -0.25) is 4.79 Å². The van der Waals surface area contributed by atoms with Crippen LogP contribution in [0.2, 0.25) is 0 Å². The molecule has 2 aromatic carbocycles. The largest absolute Gasteiger partial charge is 0.348 e. The molecule has 2 aromatic rings. The number of nitrogens with one attached hydrogen (secondary N) is 1. The van der Waals surface area contributed by atoms with Gasteiger partial charge in [-0.25, -0.2) is 8.42 Å². The van der Waals surface area contributed by atoms with Crippen molar-refractivity contribution in [2.75, 3.05) is 12.8 Å². The topological polar surface area (TPSA) is 66.5 Å². The summed E-state index contributed by atoms with van der Waals surface area (Å²) in [6.07, 6.45) is 5.79. The summed E-state index contributed by atoms with van der Waals surface area (Å²) < 4.78 is 25.5. The van der Waals surface area contributed by atoms with Crippen LogP contribution in [0.25, 0.3) is 0 Å². The molecule has 0 bridgehead atoms. The third kappa shape index (κ3) is 5.42. The second-order valence-corrected chi connectivity index (χ2v) is 9.52. The van der Waals surface area contributed by atoms with Crippen molar-refractivity contribution in [3.63, 3.8) is 0 Å². The fraction of sp³-hybridized carbons (Fsp3) is 0.409. The Hall–Kier alpha value is -2.18. The molecule has 0 aromatic heterocycles. The van der Waals surface area contributed by atoms with Gasteiger partial charge in [0.15, 0.2) is 0 Å². The summed E-state index contributed by atoms with van der Waals surface area (Å²) >= 11 is 0. The van der Waals surface area contributed by atoms with Crippen LogP contribution in [0, 0.1) is 0 Å². The molecule has 0 saturated heterocycles. The number of rotatable bonds is 7. The lowest BCUT2D eigenvalue weighted by Gasteiger charge is -2.23. The molecule has 0 radical (unpaired) electrons. The van der Waals surface area contributed by atoms with Crippen molar-refractivity contribution in [2.24, 2.45) is 0 Å². The Morgan fingerprint density at radius 3 is 2.43 bits per heavy atom. The van der Waals surface area contributed by atoms with Gasteiger partial charge in [0.25, 0.3) is 0 Å². The molecule has 6 heteroatoms. The molecular formula is C22H28N2O3S. The van der Waals surface area contributed by atoms with Gasteiger partial charge in [-0.15, -0.1) is 0 Å². The quantitative estimate of drug-likeness (QED) is 0.776. The summed E-state index contributed by atoms with van der Waals surface area (Å²) in [7, 11) is -3.50. The Bertz CT molecular complexity index is 926. The summed E-state index contributed by atoms with van der Waals surface area (Å²) in [5.41, 5.74) is 4.68. The van der Waals surface area contributed by atoms with E-state index >= 15 is 0 Å². The smallest absolute Gasteiger partial charge is 0.235 e. The molecule has 1 atom stereocenters. The molecule has 1 amide bonds. The Morgan fingerprint density at radius 1 is 1.07 bits per heavy atom. The lowest BCUT2D eigenvalue weighted by Crippen LogP contribution is -2.40. The molecule has 0 spiro atoms. The maximum atomic E-state index is 12.5. The number of amides is 1. The first-order valence-electron chi connectivity index (χ1n) is 9.73. The van der Waals surface area contributed by atoms with Crippen LogP contribution in [-0.2, 0) is 34.2 Å². The van der Waals surface area contributed by atoms with E-state index < -0.39 is 10.0 Å². The van der Waals surface area contributed by atoms with Crippen LogP contribution >= 0.6 is 0 Å². The van der Waals surface area contributed by atoms with E-state index in [0.29, 0.717) is 0 Å². The number of carbonyl (C=O) groups excluding carboxylic acids is 1. The molecule has 1 aliphatic carbocycles. The second kappa shape index (κ2) is 8.88. The third-order valence-electron chi connectivity index (χ3n) is 5.24. The lowest BCUT2D eigenvalue weighted by molar-refractivity contribution is -0.122. The highest BCUT2D eigenvalue weighted by molar-refractivity contribution is 7.88. The molecule has 1 aliphatic rings. The first-order chi connectivity index (χ1) is 13.3. The van der Waals surface area contributed by atoms with E-state index in [1.807, 2.05) is 37.3 Å². The summed E-state index contributed by atoms with van der Waals surface area (Å²) in [6, 6.07) is 15.5. The maximum Gasteiger partial charge on any atom is 0.235 e. The molecule has 150 valence electrons. The number of aryl methyl sites for hydroxylation is 2. The number of hydrogen-bond donors (Lipinski definition) is 1. The van der Waals surface area contributed by atoms with Crippen LogP contribution in [0.5, 0.6) is 0 Å². The molecule has 1 unspecified atom stereocenters. The highest BCUT2D eigenvalue weighted by Gasteiger charge is 2.22. The number of fused-ring (bicyclic) bond motifs is 1. The molecule has 0 fully saturated rings. The summed E-state index contributed by atoms with van der Waals surface area (Å²) in [5.74, 6) is -0.299. The van der Waals surface area contributed by atoms with Crippen LogP contribution in [-0.4, -0.2) is 31.4 Å². The first kappa shape index (κ1) is 20.6. The standard InChI is InChI=1S/C22H28N2O3S/c1-17(20-13-12-19-10-6-7-11-21(19)14-20)23-22(25)16-24(28(2,26)27)15-18-8-4-3-5-9-18/h3-5,8-9,12-14,17H,6-7,10-11,15-16H2,1-2H3,(H,23,25). The van der Waals surface area contributed by atoms with Gasteiger partial charge >= 0.3 is 0 Å². The monoisotopic (exact) mass is 400 g/mol. The van der Waals surface area contributed by atoms with Crippen LogP contribution < -0.4 is 5.32 Å². The molecule has 28 heavy (non-hydrogen) atoms. The lowest BCUT2D eigenvalue weighted by atomic mass is 9.89. The predicted molar refractivity (Wildman–Crippen MR) is 111 cm³/mol. The Balaban J connectivity index is 1.65. The van der Waals surface area contributed by atoms with Crippen LogP contribution in [0.15, 0.2) is 48.5 Å². The van der Waals surface area contributed by atoms with Crippen molar-refractivity contribution < 1.29 is 13.2 Å². The SMILES string of the molecule is CC(NC(=O)CN(Cc1ccccc1)S(C)(=O)=O)c1ccc2c(c1)CCCC2. The van der Waals surface area contributed by atoms with E-state index in [1.165, 1.54) is 28.3 Å². The number of carbonyl (C=O) groups is 1. The maximum absolute atomic E-state index is 12.5. The zero-order chi connectivity index (χ0) is 20.1. The average molecular weight is 401 g/mol. The van der Waals surface area contributed by atoms with Gasteiger partial charge in [-0.2, -0.15) is 4.31 Å². The summed E-state index contributed by atoms with van der Waals surface area (Å²) in [5, 5.41) is 2.95. The minimum Gasteiger partial charge on any atom is -0.348 e. The first-order valence-corrected chi connectivity index (χ1v) is 11.6. The predicted octanol–water partition coefficient (Wildman–Crippen LogP) is 3.20. The zero-order valence-electron chi connectivity index (χ0n) is 16.5. The van der Waals surface area contributed by atoms with E-state index in [9.17, 15) is 13.2 Å². The van der Waals surface area contributed by atoms with E-state index in [1.54, 1.807) is 0 Å². The molecule has 0 saturated carbocycles. The molecule has 5 nitrogen and oxygen atoms in total. The van der Waals surface area contributed by atoms with Gasteiger partial charge in [0, 0.05) is 6.54 Å². The van der Waals surface area contributed by atoms with Gasteiger partial charge in [-0.05, 0) is 54.9 Å². The summed E-state index contributed by atoms with van der Waals surface area (Å²) in [6.45, 7) is 1.92. The van der Waals surface area contributed by atoms with E-state index in [-0.39, 0.29) is 25.0 Å². The summed E-state index contributed by atoms with van der Waals surface area (Å²) in [4.78, 5) is 12.5. The third-order valence-corrected chi connectivity index (χ3v) is 6.44. The van der Waals surface area contributed by atoms with E-state index in [0.717, 1.165) is 30.2 Å². The van der Waals surface area contributed by atoms with Crippen LogP contribution in [0.3, 0.4) is 0 Å². The molecule has 3 rings (SSSR count). The molecule has 0 heterocycles. The normalized spacial score (nSPS) is 15.1. The molecule has 0 aliphatic heterocycles. The van der Waals surface area contributed by atoms with Crippen molar-refractivity contribution >= 4 is 15.9 Å². The van der Waals surface area contributed by atoms with Crippen molar-refractivity contribution in [3.8, 4) is 0 Å². The van der Waals surface area contributed by atoms with Gasteiger partial charge in [0.2, 0.25) is 15.9 Å². The van der Waals surface area contributed by atoms with Crippen molar-refractivity contribution in [1.82, 2.24) is 9.62 Å². The fourth-order valence-corrected chi connectivity index (χ4v) is 4.37. The van der Waals surface area contributed by atoms with E-state index in [4.69, 9.17) is 0 Å². The van der Waals surface area contributed by atoms with Gasteiger partial charge in [0.1, 0.15) is 0 Å². The van der Waals surface area contributed by atoms with E-state index in [2.05, 4.69) is 23.5 Å². The highest BCUT2D eigenvalue weighted by Crippen LogP contribution is 2.24. The Labute approximate surface area is 167 Å². The van der Waals surface area contributed by atoms with Gasteiger partial charge in [-0.1, -0.05) is 48.5 Å². The minimum absolute atomic E-state index is 0.169. The van der Waals surface area contributed by atoms with Gasteiger partial charge in [0.05, 0.1) is 18.8 Å².